The standard InChI is InChI=1S/C15H23FN2O/c1-15(12-17,18-7-4-9-19-10-8-18)11-13-5-2-3-6-14(13)16/h2-3,5-6H,4,7-12,17H2,1H3. The van der Waals surface area contributed by atoms with E-state index in [9.17, 15) is 4.39 Å². The van der Waals surface area contributed by atoms with Gasteiger partial charge in [0.05, 0.1) is 6.61 Å². The normalized spacial score (nSPS) is 20.8. The first kappa shape index (κ1) is 14.4. The molecule has 1 atom stereocenters. The van der Waals surface area contributed by atoms with Crippen molar-refractivity contribution >= 4 is 0 Å². The fourth-order valence-corrected chi connectivity index (χ4v) is 2.65. The summed E-state index contributed by atoms with van der Waals surface area (Å²) in [6.45, 7) is 5.99. The highest BCUT2D eigenvalue weighted by Crippen LogP contribution is 2.23. The summed E-state index contributed by atoms with van der Waals surface area (Å²) in [6, 6.07) is 6.95. The molecule has 2 N–H and O–H groups in total. The van der Waals surface area contributed by atoms with Crippen LogP contribution >= 0.6 is 0 Å². The topological polar surface area (TPSA) is 38.5 Å². The van der Waals surface area contributed by atoms with Crippen LogP contribution in [0.4, 0.5) is 4.39 Å². The van der Waals surface area contributed by atoms with Gasteiger partial charge in [-0.1, -0.05) is 18.2 Å². The van der Waals surface area contributed by atoms with Gasteiger partial charge >= 0.3 is 0 Å². The highest BCUT2D eigenvalue weighted by molar-refractivity contribution is 5.20. The van der Waals surface area contributed by atoms with Crippen molar-refractivity contribution in [3.8, 4) is 0 Å². The Morgan fingerprint density at radius 1 is 1.32 bits per heavy atom. The van der Waals surface area contributed by atoms with Crippen molar-refractivity contribution in [2.45, 2.75) is 25.3 Å². The number of benzene rings is 1. The maximum atomic E-state index is 13.8. The van der Waals surface area contributed by atoms with Gasteiger partial charge in [0, 0.05) is 31.8 Å². The largest absolute Gasteiger partial charge is 0.380 e. The molecule has 0 aromatic heterocycles. The third-order valence-corrected chi connectivity index (χ3v) is 3.95. The van der Waals surface area contributed by atoms with E-state index in [4.69, 9.17) is 10.5 Å². The maximum Gasteiger partial charge on any atom is 0.126 e. The second-order valence-corrected chi connectivity index (χ2v) is 5.42. The lowest BCUT2D eigenvalue weighted by molar-refractivity contribution is 0.0934. The van der Waals surface area contributed by atoms with Crippen molar-refractivity contribution in [1.29, 1.82) is 0 Å². The fourth-order valence-electron chi connectivity index (χ4n) is 2.65. The molecule has 0 saturated carbocycles. The second-order valence-electron chi connectivity index (χ2n) is 5.42. The van der Waals surface area contributed by atoms with Gasteiger partial charge in [-0.05, 0) is 31.4 Å². The maximum absolute atomic E-state index is 13.8. The van der Waals surface area contributed by atoms with E-state index >= 15 is 0 Å². The van der Waals surface area contributed by atoms with Gasteiger partial charge < -0.3 is 10.5 Å². The molecular formula is C15H23FN2O. The molecule has 1 unspecified atom stereocenters. The first-order chi connectivity index (χ1) is 9.15. The Labute approximate surface area is 114 Å². The second kappa shape index (κ2) is 6.46. The predicted molar refractivity (Wildman–Crippen MR) is 74.6 cm³/mol. The zero-order valence-corrected chi connectivity index (χ0v) is 11.6. The van der Waals surface area contributed by atoms with E-state index in [2.05, 4.69) is 11.8 Å². The summed E-state index contributed by atoms with van der Waals surface area (Å²) in [5.74, 6) is -0.145. The Hall–Kier alpha value is -0.970. The van der Waals surface area contributed by atoms with Crippen molar-refractivity contribution < 1.29 is 9.13 Å². The summed E-state index contributed by atoms with van der Waals surface area (Å²) in [6.07, 6.45) is 1.64. The van der Waals surface area contributed by atoms with Crippen LogP contribution in [0.15, 0.2) is 24.3 Å². The molecule has 1 heterocycles. The minimum Gasteiger partial charge on any atom is -0.380 e. The summed E-state index contributed by atoms with van der Waals surface area (Å²) >= 11 is 0. The van der Waals surface area contributed by atoms with E-state index in [-0.39, 0.29) is 11.4 Å². The number of nitrogens with zero attached hydrogens (tertiary/aromatic N) is 1. The van der Waals surface area contributed by atoms with Crippen molar-refractivity contribution in [2.24, 2.45) is 5.73 Å². The van der Waals surface area contributed by atoms with Crippen LogP contribution in [0.2, 0.25) is 0 Å². The van der Waals surface area contributed by atoms with Crippen LogP contribution < -0.4 is 5.73 Å². The minimum absolute atomic E-state index is 0.145. The van der Waals surface area contributed by atoms with Crippen molar-refractivity contribution in [2.75, 3.05) is 32.8 Å². The number of rotatable bonds is 4. The third kappa shape index (κ3) is 3.53. The smallest absolute Gasteiger partial charge is 0.126 e. The van der Waals surface area contributed by atoms with E-state index in [1.807, 2.05) is 12.1 Å². The van der Waals surface area contributed by atoms with E-state index in [0.717, 1.165) is 38.3 Å². The highest BCUT2D eigenvalue weighted by Gasteiger charge is 2.31. The van der Waals surface area contributed by atoms with Crippen molar-refractivity contribution in [3.63, 3.8) is 0 Å². The molecule has 19 heavy (non-hydrogen) atoms. The molecule has 0 aliphatic carbocycles. The van der Waals surface area contributed by atoms with Gasteiger partial charge in [-0.25, -0.2) is 4.39 Å². The lowest BCUT2D eigenvalue weighted by atomic mass is 9.90. The molecule has 0 amide bonds. The molecule has 1 aromatic rings. The summed E-state index contributed by atoms with van der Waals surface area (Å²) < 4.78 is 19.3. The first-order valence-corrected chi connectivity index (χ1v) is 6.92. The van der Waals surface area contributed by atoms with Crippen LogP contribution in [-0.4, -0.2) is 43.3 Å². The molecule has 1 aliphatic rings. The Bertz CT molecular complexity index is 405. The average Bonchev–Trinajstić information content (AvgIpc) is 2.71. The molecule has 1 aromatic carbocycles. The first-order valence-electron chi connectivity index (χ1n) is 6.92. The molecule has 1 saturated heterocycles. The number of ether oxygens (including phenoxy) is 1. The van der Waals surface area contributed by atoms with Gasteiger partial charge in [-0.15, -0.1) is 0 Å². The Kier molecular flexibility index (Phi) is 4.91. The average molecular weight is 266 g/mol. The zero-order chi connectivity index (χ0) is 13.7. The molecular weight excluding hydrogens is 243 g/mol. The van der Waals surface area contributed by atoms with Gasteiger partial charge in [0.15, 0.2) is 0 Å². The van der Waals surface area contributed by atoms with Crippen molar-refractivity contribution in [3.05, 3.63) is 35.6 Å². The zero-order valence-electron chi connectivity index (χ0n) is 11.6. The number of halogens is 1. The summed E-state index contributed by atoms with van der Waals surface area (Å²) in [5, 5.41) is 0. The Morgan fingerprint density at radius 2 is 2.11 bits per heavy atom. The third-order valence-electron chi connectivity index (χ3n) is 3.95. The number of hydrogen-bond donors (Lipinski definition) is 1. The monoisotopic (exact) mass is 266 g/mol. The molecule has 0 bridgehead atoms. The lowest BCUT2D eigenvalue weighted by Crippen LogP contribution is -2.54. The summed E-state index contributed by atoms with van der Waals surface area (Å²) in [4.78, 5) is 2.34. The van der Waals surface area contributed by atoms with Gasteiger partial charge in [-0.2, -0.15) is 0 Å². The van der Waals surface area contributed by atoms with Gasteiger partial charge in [0.25, 0.3) is 0 Å². The molecule has 4 heteroatoms. The van der Waals surface area contributed by atoms with Crippen LogP contribution in [0.1, 0.15) is 18.9 Å². The Morgan fingerprint density at radius 3 is 2.84 bits per heavy atom. The molecule has 1 aliphatic heterocycles. The van der Waals surface area contributed by atoms with Crippen LogP contribution in [0.3, 0.4) is 0 Å². The van der Waals surface area contributed by atoms with Crippen LogP contribution in [0.5, 0.6) is 0 Å². The van der Waals surface area contributed by atoms with Crippen LogP contribution in [0, 0.1) is 5.82 Å². The lowest BCUT2D eigenvalue weighted by Gasteiger charge is -2.40. The molecule has 2 rings (SSSR count). The summed E-state index contributed by atoms with van der Waals surface area (Å²) in [7, 11) is 0. The summed E-state index contributed by atoms with van der Waals surface area (Å²) in [5.41, 5.74) is 6.51. The van der Waals surface area contributed by atoms with Crippen LogP contribution in [0.25, 0.3) is 0 Å². The van der Waals surface area contributed by atoms with Crippen molar-refractivity contribution in [1.82, 2.24) is 4.90 Å². The molecule has 1 fully saturated rings. The molecule has 0 spiro atoms. The number of nitrogens with two attached hydrogens (primary N) is 1. The van der Waals surface area contributed by atoms with E-state index < -0.39 is 0 Å². The highest BCUT2D eigenvalue weighted by atomic mass is 19.1. The molecule has 3 nitrogen and oxygen atoms in total. The quantitative estimate of drug-likeness (QED) is 0.903. The van der Waals surface area contributed by atoms with Gasteiger partial charge in [0.1, 0.15) is 5.82 Å². The van der Waals surface area contributed by atoms with Gasteiger partial charge in [-0.3, -0.25) is 4.90 Å². The van der Waals surface area contributed by atoms with Gasteiger partial charge in [0.2, 0.25) is 0 Å². The van der Waals surface area contributed by atoms with E-state index in [1.165, 1.54) is 6.07 Å². The SMILES string of the molecule is CC(CN)(Cc1ccccc1F)N1CCCOCC1. The fraction of sp³-hybridized carbons (Fsp3) is 0.600. The molecule has 106 valence electrons. The van der Waals surface area contributed by atoms with E-state index in [0.29, 0.717) is 13.0 Å². The Balaban J connectivity index is 2.14. The minimum atomic E-state index is -0.212. The van der Waals surface area contributed by atoms with E-state index in [1.54, 1.807) is 6.07 Å². The predicted octanol–water partition coefficient (Wildman–Crippen LogP) is 1.81. The molecule has 0 radical (unpaired) electrons. The van der Waals surface area contributed by atoms with Crippen LogP contribution in [-0.2, 0) is 11.2 Å². The number of hydrogen-bond acceptors (Lipinski definition) is 3.